The summed E-state index contributed by atoms with van der Waals surface area (Å²) in [5.41, 5.74) is 5.64. The number of hydrogen-bond acceptors (Lipinski definition) is 3. The molecule has 3 aromatic rings. The number of benzene rings is 2. The maximum Gasteiger partial charge on any atom is 0.417 e. The standard InChI is InChI=1S/C26H34N2O2/c1-18(2)20-8-6-19(7-9-20)5-4-16-28(3)23-13-10-21(11-14-23)22-12-15-24-25(17-22)30-26(29)27-24/h6-9,12,15,17-18,21,23H,4-5,10-11,13-14,16H2,1-3H3,(H,27,29)/t21-,23-. The molecule has 0 aliphatic heterocycles. The van der Waals surface area contributed by atoms with Gasteiger partial charge in [0.15, 0.2) is 5.58 Å². The Morgan fingerprint density at radius 2 is 1.80 bits per heavy atom. The van der Waals surface area contributed by atoms with Gasteiger partial charge in [-0.25, -0.2) is 4.79 Å². The monoisotopic (exact) mass is 406 g/mol. The lowest BCUT2D eigenvalue weighted by atomic mass is 9.81. The Kier molecular flexibility index (Phi) is 6.43. The summed E-state index contributed by atoms with van der Waals surface area (Å²) in [7, 11) is 2.29. The quantitative estimate of drug-likeness (QED) is 0.536. The second-order valence-corrected chi connectivity index (χ2v) is 9.26. The molecule has 2 aromatic carbocycles. The first-order chi connectivity index (χ1) is 14.5. The van der Waals surface area contributed by atoms with Crippen molar-refractivity contribution in [2.24, 2.45) is 0 Å². The summed E-state index contributed by atoms with van der Waals surface area (Å²) >= 11 is 0. The van der Waals surface area contributed by atoms with Gasteiger partial charge in [-0.1, -0.05) is 44.2 Å². The van der Waals surface area contributed by atoms with Crippen LogP contribution in [-0.4, -0.2) is 29.5 Å². The van der Waals surface area contributed by atoms with Crippen LogP contribution in [0.2, 0.25) is 0 Å². The van der Waals surface area contributed by atoms with E-state index < -0.39 is 0 Å². The molecule has 1 heterocycles. The van der Waals surface area contributed by atoms with Gasteiger partial charge in [-0.2, -0.15) is 0 Å². The SMILES string of the molecule is CC(C)c1ccc(CCCN(C)[C@H]2CC[C@H](c3ccc4[nH]c(=O)oc4c3)CC2)cc1. The molecule has 0 saturated heterocycles. The lowest BCUT2D eigenvalue weighted by Gasteiger charge is -2.35. The van der Waals surface area contributed by atoms with E-state index in [9.17, 15) is 4.79 Å². The van der Waals surface area contributed by atoms with E-state index >= 15 is 0 Å². The number of aromatic amines is 1. The summed E-state index contributed by atoms with van der Waals surface area (Å²) < 4.78 is 5.24. The number of nitrogens with zero attached hydrogens (tertiary/aromatic N) is 1. The van der Waals surface area contributed by atoms with Crippen molar-refractivity contribution in [2.75, 3.05) is 13.6 Å². The molecule has 4 heteroatoms. The smallest absolute Gasteiger partial charge is 0.408 e. The van der Waals surface area contributed by atoms with Gasteiger partial charge in [0.05, 0.1) is 5.52 Å². The highest BCUT2D eigenvalue weighted by molar-refractivity contribution is 5.72. The van der Waals surface area contributed by atoms with E-state index in [1.165, 1.54) is 48.8 Å². The molecular formula is C26H34N2O2. The second kappa shape index (κ2) is 9.22. The summed E-state index contributed by atoms with van der Waals surface area (Å²) in [6, 6.07) is 16.0. The van der Waals surface area contributed by atoms with Gasteiger partial charge in [-0.15, -0.1) is 0 Å². The third-order valence-electron chi connectivity index (χ3n) is 6.86. The fraction of sp³-hybridized carbons (Fsp3) is 0.500. The predicted octanol–water partition coefficient (Wildman–Crippen LogP) is 5.84. The summed E-state index contributed by atoms with van der Waals surface area (Å²) in [6.07, 6.45) is 7.23. The topological polar surface area (TPSA) is 49.2 Å². The molecule has 160 valence electrons. The summed E-state index contributed by atoms with van der Waals surface area (Å²) in [4.78, 5) is 16.7. The van der Waals surface area contributed by atoms with Crippen molar-refractivity contribution >= 4 is 11.1 Å². The van der Waals surface area contributed by atoms with E-state index in [0.717, 1.165) is 18.5 Å². The highest BCUT2D eigenvalue weighted by atomic mass is 16.4. The van der Waals surface area contributed by atoms with E-state index in [0.29, 0.717) is 23.5 Å². The summed E-state index contributed by atoms with van der Waals surface area (Å²) in [6.45, 7) is 5.64. The van der Waals surface area contributed by atoms with Crippen molar-refractivity contribution in [2.45, 2.75) is 70.3 Å². The highest BCUT2D eigenvalue weighted by Crippen LogP contribution is 2.35. The first kappa shape index (κ1) is 20.9. The number of nitrogens with one attached hydrogen (secondary N) is 1. The maximum absolute atomic E-state index is 11.4. The zero-order chi connectivity index (χ0) is 21.1. The fourth-order valence-electron chi connectivity index (χ4n) is 4.85. The van der Waals surface area contributed by atoms with Crippen molar-refractivity contribution in [1.29, 1.82) is 0 Å². The minimum atomic E-state index is -0.372. The van der Waals surface area contributed by atoms with Crippen LogP contribution in [-0.2, 0) is 6.42 Å². The van der Waals surface area contributed by atoms with Gasteiger partial charge in [-0.05, 0) is 92.8 Å². The minimum absolute atomic E-state index is 0.372. The Morgan fingerprint density at radius 1 is 1.07 bits per heavy atom. The van der Waals surface area contributed by atoms with Crippen molar-refractivity contribution in [3.05, 3.63) is 69.7 Å². The van der Waals surface area contributed by atoms with Crippen molar-refractivity contribution < 1.29 is 4.42 Å². The van der Waals surface area contributed by atoms with Gasteiger partial charge in [0.1, 0.15) is 0 Å². The number of hydrogen-bond donors (Lipinski definition) is 1. The Morgan fingerprint density at radius 3 is 2.50 bits per heavy atom. The van der Waals surface area contributed by atoms with Crippen LogP contribution in [0.4, 0.5) is 0 Å². The average Bonchev–Trinajstić information content (AvgIpc) is 3.13. The molecule has 1 aliphatic rings. The molecule has 1 aliphatic carbocycles. The number of fused-ring (bicyclic) bond motifs is 1. The van der Waals surface area contributed by atoms with Crippen LogP contribution in [0.1, 0.15) is 74.5 Å². The fourth-order valence-corrected chi connectivity index (χ4v) is 4.85. The van der Waals surface area contributed by atoms with Crippen LogP contribution >= 0.6 is 0 Å². The second-order valence-electron chi connectivity index (χ2n) is 9.26. The average molecular weight is 407 g/mol. The van der Waals surface area contributed by atoms with E-state index in [1.54, 1.807) is 0 Å². The summed E-state index contributed by atoms with van der Waals surface area (Å²) in [5, 5.41) is 0. The highest BCUT2D eigenvalue weighted by Gasteiger charge is 2.25. The molecule has 0 bridgehead atoms. The zero-order valence-electron chi connectivity index (χ0n) is 18.5. The molecule has 1 saturated carbocycles. The van der Waals surface area contributed by atoms with E-state index in [4.69, 9.17) is 4.42 Å². The molecule has 30 heavy (non-hydrogen) atoms. The van der Waals surface area contributed by atoms with Crippen LogP contribution in [0.3, 0.4) is 0 Å². The largest absolute Gasteiger partial charge is 0.417 e. The molecule has 0 amide bonds. The molecule has 4 rings (SSSR count). The molecule has 4 nitrogen and oxygen atoms in total. The van der Waals surface area contributed by atoms with E-state index in [1.807, 2.05) is 12.1 Å². The van der Waals surface area contributed by atoms with Crippen LogP contribution in [0.15, 0.2) is 51.7 Å². The third kappa shape index (κ3) is 4.86. The number of oxazole rings is 1. The Hall–Kier alpha value is -2.33. The number of aromatic nitrogens is 1. The van der Waals surface area contributed by atoms with Crippen molar-refractivity contribution in [1.82, 2.24) is 9.88 Å². The van der Waals surface area contributed by atoms with Crippen LogP contribution < -0.4 is 5.76 Å². The van der Waals surface area contributed by atoms with Crippen molar-refractivity contribution in [3.8, 4) is 0 Å². The molecule has 0 radical (unpaired) electrons. The number of H-pyrrole nitrogens is 1. The molecule has 1 N–H and O–H groups in total. The lowest BCUT2D eigenvalue weighted by molar-refractivity contribution is 0.181. The molecule has 1 aromatic heterocycles. The first-order valence-corrected chi connectivity index (χ1v) is 11.4. The summed E-state index contributed by atoms with van der Waals surface area (Å²) in [5.74, 6) is 0.797. The van der Waals surface area contributed by atoms with E-state index in [2.05, 4.69) is 61.1 Å². The molecule has 0 unspecified atom stereocenters. The Bertz CT molecular complexity index is 1010. The van der Waals surface area contributed by atoms with Crippen LogP contribution in [0.25, 0.3) is 11.1 Å². The van der Waals surface area contributed by atoms with Gasteiger partial charge >= 0.3 is 5.76 Å². The zero-order valence-corrected chi connectivity index (χ0v) is 18.5. The normalized spacial score (nSPS) is 19.8. The Balaban J connectivity index is 1.24. The first-order valence-electron chi connectivity index (χ1n) is 11.4. The number of rotatable bonds is 7. The molecule has 1 fully saturated rings. The maximum atomic E-state index is 11.4. The van der Waals surface area contributed by atoms with Crippen LogP contribution in [0, 0.1) is 0 Å². The third-order valence-corrected chi connectivity index (χ3v) is 6.86. The molecular weight excluding hydrogens is 372 g/mol. The van der Waals surface area contributed by atoms with Gasteiger partial charge in [0, 0.05) is 6.04 Å². The van der Waals surface area contributed by atoms with E-state index in [-0.39, 0.29) is 5.76 Å². The minimum Gasteiger partial charge on any atom is -0.408 e. The molecule has 0 spiro atoms. The van der Waals surface area contributed by atoms with Gasteiger partial charge in [0.2, 0.25) is 0 Å². The number of aryl methyl sites for hydroxylation is 1. The van der Waals surface area contributed by atoms with Gasteiger partial charge in [-0.3, -0.25) is 4.98 Å². The Labute approximate surface area is 179 Å². The van der Waals surface area contributed by atoms with Crippen LogP contribution in [0.5, 0.6) is 0 Å². The van der Waals surface area contributed by atoms with Crippen molar-refractivity contribution in [3.63, 3.8) is 0 Å². The molecule has 0 atom stereocenters. The lowest BCUT2D eigenvalue weighted by Crippen LogP contribution is -2.35. The van der Waals surface area contributed by atoms with Gasteiger partial charge in [0.25, 0.3) is 0 Å². The predicted molar refractivity (Wildman–Crippen MR) is 123 cm³/mol. The van der Waals surface area contributed by atoms with Gasteiger partial charge < -0.3 is 9.32 Å².